The summed E-state index contributed by atoms with van der Waals surface area (Å²) in [6.45, 7) is 0. The minimum atomic E-state index is -1.04. The van der Waals surface area contributed by atoms with E-state index in [-0.39, 0.29) is 11.7 Å². The third kappa shape index (κ3) is 4.61. The number of amides is 1. The predicted molar refractivity (Wildman–Crippen MR) is 96.3 cm³/mol. The minimum Gasteiger partial charge on any atom is -0.478 e. The highest BCUT2D eigenvalue weighted by Crippen LogP contribution is 2.24. The predicted octanol–water partition coefficient (Wildman–Crippen LogP) is 4.42. The fourth-order valence-corrected chi connectivity index (χ4v) is 2.18. The Balaban J connectivity index is 1.67. The molecule has 0 saturated carbocycles. The molecule has 26 heavy (non-hydrogen) atoms. The lowest BCUT2D eigenvalue weighted by atomic mass is 10.2. The number of para-hydroxylation sites is 1. The van der Waals surface area contributed by atoms with Crippen molar-refractivity contribution in [2.24, 2.45) is 0 Å². The third-order valence-corrected chi connectivity index (χ3v) is 3.33. The van der Waals surface area contributed by atoms with Crippen LogP contribution in [0, 0.1) is 0 Å². The van der Waals surface area contributed by atoms with E-state index in [9.17, 15) is 9.59 Å². The summed E-state index contributed by atoms with van der Waals surface area (Å²) < 4.78 is 10.9. The number of carbonyl (C=O) groups excluding carboxylic acids is 1. The molecule has 0 aliphatic rings. The second-order valence-corrected chi connectivity index (χ2v) is 5.28. The van der Waals surface area contributed by atoms with Gasteiger partial charge in [0.05, 0.1) is 0 Å². The zero-order valence-electron chi connectivity index (χ0n) is 13.6. The van der Waals surface area contributed by atoms with E-state index in [2.05, 4.69) is 5.32 Å². The van der Waals surface area contributed by atoms with Gasteiger partial charge in [-0.05, 0) is 42.0 Å². The zero-order chi connectivity index (χ0) is 18.4. The van der Waals surface area contributed by atoms with Crippen LogP contribution in [0.1, 0.15) is 16.1 Å². The van der Waals surface area contributed by atoms with Crippen LogP contribution in [0.3, 0.4) is 0 Å². The Morgan fingerprint density at radius 3 is 2.58 bits per heavy atom. The van der Waals surface area contributed by atoms with Crippen LogP contribution in [0.25, 0.3) is 6.08 Å². The van der Waals surface area contributed by atoms with Gasteiger partial charge in [-0.2, -0.15) is 0 Å². The molecule has 0 aliphatic carbocycles. The van der Waals surface area contributed by atoms with Crippen LogP contribution in [0.4, 0.5) is 5.69 Å². The van der Waals surface area contributed by atoms with Gasteiger partial charge in [-0.15, -0.1) is 0 Å². The Morgan fingerprint density at radius 1 is 1.00 bits per heavy atom. The Morgan fingerprint density at radius 2 is 1.81 bits per heavy atom. The lowest BCUT2D eigenvalue weighted by Gasteiger charge is -2.04. The third-order valence-electron chi connectivity index (χ3n) is 3.33. The van der Waals surface area contributed by atoms with Crippen LogP contribution >= 0.6 is 0 Å². The molecule has 6 heteroatoms. The fraction of sp³-hybridized carbons (Fsp3) is 0. The first kappa shape index (κ1) is 17.0. The van der Waals surface area contributed by atoms with Crippen molar-refractivity contribution in [3.8, 4) is 11.7 Å². The van der Waals surface area contributed by atoms with Crippen molar-refractivity contribution < 1.29 is 23.8 Å². The largest absolute Gasteiger partial charge is 0.478 e. The number of hydrogen-bond acceptors (Lipinski definition) is 4. The molecular formula is C20H15NO5. The van der Waals surface area contributed by atoms with Gasteiger partial charge < -0.3 is 19.6 Å². The number of rotatable bonds is 6. The molecule has 2 N–H and O–H groups in total. The van der Waals surface area contributed by atoms with Crippen molar-refractivity contribution in [1.82, 2.24) is 0 Å². The SMILES string of the molecule is O=C(O)/C=C/c1cccc(NC(=O)c2ccc(Oc3ccccc3)o2)c1. The zero-order valence-corrected chi connectivity index (χ0v) is 13.6. The maximum atomic E-state index is 12.3. The molecule has 1 heterocycles. The molecule has 0 spiro atoms. The van der Waals surface area contributed by atoms with E-state index < -0.39 is 11.9 Å². The molecular weight excluding hydrogens is 334 g/mol. The van der Waals surface area contributed by atoms with E-state index in [1.807, 2.05) is 18.2 Å². The molecule has 0 bridgehead atoms. The van der Waals surface area contributed by atoms with Crippen LogP contribution in [0.15, 0.2) is 77.2 Å². The first-order valence-electron chi connectivity index (χ1n) is 7.75. The van der Waals surface area contributed by atoms with Crippen LogP contribution in [0.5, 0.6) is 11.7 Å². The number of carboxylic acid groups (broad SMARTS) is 1. The maximum Gasteiger partial charge on any atom is 0.328 e. The van der Waals surface area contributed by atoms with Gasteiger partial charge in [-0.25, -0.2) is 4.79 Å². The molecule has 0 unspecified atom stereocenters. The maximum absolute atomic E-state index is 12.3. The molecule has 0 radical (unpaired) electrons. The number of nitrogens with one attached hydrogen (secondary N) is 1. The molecule has 3 aromatic rings. The van der Waals surface area contributed by atoms with Gasteiger partial charge in [-0.3, -0.25) is 4.79 Å². The Labute approximate surface area is 149 Å². The number of anilines is 1. The lowest BCUT2D eigenvalue weighted by Crippen LogP contribution is -2.10. The Hall–Kier alpha value is -3.80. The summed E-state index contributed by atoms with van der Waals surface area (Å²) in [6, 6.07) is 19.0. The van der Waals surface area contributed by atoms with E-state index >= 15 is 0 Å². The molecule has 0 saturated heterocycles. The van der Waals surface area contributed by atoms with Gasteiger partial charge in [0.25, 0.3) is 11.9 Å². The summed E-state index contributed by atoms with van der Waals surface area (Å²) in [7, 11) is 0. The molecule has 3 rings (SSSR count). The summed E-state index contributed by atoms with van der Waals surface area (Å²) in [5, 5.41) is 11.4. The van der Waals surface area contributed by atoms with E-state index in [1.165, 1.54) is 12.1 Å². The van der Waals surface area contributed by atoms with Crippen LogP contribution < -0.4 is 10.1 Å². The van der Waals surface area contributed by atoms with Gasteiger partial charge in [0.2, 0.25) is 0 Å². The number of benzene rings is 2. The smallest absolute Gasteiger partial charge is 0.328 e. The average Bonchev–Trinajstić information content (AvgIpc) is 3.10. The van der Waals surface area contributed by atoms with Crippen LogP contribution in [-0.4, -0.2) is 17.0 Å². The summed E-state index contributed by atoms with van der Waals surface area (Å²) in [5.74, 6) is -0.568. The first-order chi connectivity index (χ1) is 12.6. The van der Waals surface area contributed by atoms with Gasteiger partial charge >= 0.3 is 5.97 Å². The second kappa shape index (κ2) is 7.85. The highest BCUT2D eigenvalue weighted by atomic mass is 16.6. The van der Waals surface area contributed by atoms with Gasteiger partial charge in [0.1, 0.15) is 5.75 Å². The summed E-state index contributed by atoms with van der Waals surface area (Å²) in [6.07, 6.45) is 2.47. The summed E-state index contributed by atoms with van der Waals surface area (Å²) in [5.41, 5.74) is 1.17. The standard InChI is InChI=1S/C20H15NO5/c22-18(23)11-9-14-5-4-6-15(13-14)21-20(24)17-10-12-19(26-17)25-16-7-2-1-3-8-16/h1-13H,(H,21,24)(H,22,23)/b11-9+. The van der Waals surface area contributed by atoms with E-state index in [0.29, 0.717) is 17.0 Å². The van der Waals surface area contributed by atoms with E-state index in [4.69, 9.17) is 14.3 Å². The lowest BCUT2D eigenvalue weighted by molar-refractivity contribution is -0.131. The number of ether oxygens (including phenoxy) is 1. The molecule has 1 amide bonds. The van der Waals surface area contributed by atoms with Crippen molar-refractivity contribution in [2.45, 2.75) is 0 Å². The van der Waals surface area contributed by atoms with Crippen molar-refractivity contribution in [3.05, 3.63) is 84.1 Å². The van der Waals surface area contributed by atoms with Crippen molar-refractivity contribution in [2.75, 3.05) is 5.32 Å². The Bertz CT molecular complexity index is 944. The molecule has 2 aromatic carbocycles. The van der Waals surface area contributed by atoms with Crippen LogP contribution in [-0.2, 0) is 4.79 Å². The molecule has 6 nitrogen and oxygen atoms in total. The highest BCUT2D eigenvalue weighted by Gasteiger charge is 2.12. The van der Waals surface area contributed by atoms with Gasteiger partial charge in [0, 0.05) is 17.8 Å². The quantitative estimate of drug-likeness (QED) is 0.643. The molecule has 130 valence electrons. The van der Waals surface area contributed by atoms with Crippen molar-refractivity contribution in [3.63, 3.8) is 0 Å². The highest BCUT2D eigenvalue weighted by molar-refractivity contribution is 6.02. The second-order valence-electron chi connectivity index (χ2n) is 5.28. The van der Waals surface area contributed by atoms with Crippen LogP contribution in [0.2, 0.25) is 0 Å². The first-order valence-corrected chi connectivity index (χ1v) is 7.75. The average molecular weight is 349 g/mol. The molecule has 0 fully saturated rings. The van der Waals surface area contributed by atoms with E-state index in [0.717, 1.165) is 6.08 Å². The molecule has 0 aliphatic heterocycles. The van der Waals surface area contributed by atoms with Crippen molar-refractivity contribution in [1.29, 1.82) is 0 Å². The number of hydrogen-bond donors (Lipinski definition) is 2. The number of aliphatic carboxylic acids is 1. The number of carboxylic acids is 1. The fourth-order valence-electron chi connectivity index (χ4n) is 2.18. The normalized spacial score (nSPS) is 10.6. The molecule has 1 aromatic heterocycles. The molecule has 0 atom stereocenters. The topological polar surface area (TPSA) is 88.8 Å². The Kier molecular flexibility index (Phi) is 5.14. The summed E-state index contributed by atoms with van der Waals surface area (Å²) >= 11 is 0. The van der Waals surface area contributed by atoms with Gasteiger partial charge in [0.15, 0.2) is 5.76 Å². The monoisotopic (exact) mass is 349 g/mol. The van der Waals surface area contributed by atoms with Crippen molar-refractivity contribution >= 4 is 23.6 Å². The van der Waals surface area contributed by atoms with Gasteiger partial charge in [-0.1, -0.05) is 30.3 Å². The van der Waals surface area contributed by atoms with E-state index in [1.54, 1.807) is 42.5 Å². The summed E-state index contributed by atoms with van der Waals surface area (Å²) in [4.78, 5) is 22.9. The number of carbonyl (C=O) groups is 2. The number of furan rings is 1. The minimum absolute atomic E-state index is 0.0995.